The molecule has 1 heterocycles. The highest BCUT2D eigenvalue weighted by Crippen LogP contribution is 2.32. The van der Waals surface area contributed by atoms with Gasteiger partial charge < -0.3 is 10.5 Å². The number of hydrogen-bond donors (Lipinski definition) is 1. The van der Waals surface area contributed by atoms with Gasteiger partial charge in [0.1, 0.15) is 6.33 Å². The molecule has 6 heteroatoms. The van der Waals surface area contributed by atoms with Crippen molar-refractivity contribution in [2.75, 3.05) is 5.73 Å². The summed E-state index contributed by atoms with van der Waals surface area (Å²) in [5.41, 5.74) is 6.73. The fraction of sp³-hybridized carbons (Fsp3) is 0. The topological polar surface area (TPSA) is 84.8 Å². The number of nitrogens with two attached hydrogens (primary N) is 1. The molecule has 2 rings (SSSR count). The first-order chi connectivity index (χ1) is 8.20. The molecule has 0 amide bonds. The Kier molecular flexibility index (Phi) is 3.39. The molecule has 0 aliphatic heterocycles. The largest absolute Gasteiger partial charge is 0.436 e. The fourth-order valence-corrected chi connectivity index (χ4v) is 1.99. The minimum absolute atomic E-state index is 0.409. The van der Waals surface area contributed by atoms with E-state index in [1.54, 1.807) is 24.4 Å². The van der Waals surface area contributed by atoms with Crippen molar-refractivity contribution in [1.29, 1.82) is 5.26 Å². The van der Waals surface area contributed by atoms with Crippen LogP contribution in [0.3, 0.4) is 0 Å². The maximum absolute atomic E-state index is 8.80. The average molecular weight is 338 g/mol. The third-order valence-electron chi connectivity index (χ3n) is 1.96. The zero-order valence-corrected chi connectivity index (χ0v) is 10.7. The second-order valence-electron chi connectivity index (χ2n) is 3.14. The van der Waals surface area contributed by atoms with E-state index in [-0.39, 0.29) is 0 Å². The molecular formula is C11H7IN4O. The predicted octanol–water partition coefficient (Wildman–Crippen LogP) is 2.33. The number of benzene rings is 1. The molecule has 2 aromatic rings. The van der Waals surface area contributed by atoms with Crippen LogP contribution in [0.2, 0.25) is 0 Å². The number of nitrogen functional groups attached to an aromatic ring is 1. The minimum Gasteiger partial charge on any atom is -0.436 e. The molecule has 2 N–H and O–H groups in total. The van der Waals surface area contributed by atoms with Crippen molar-refractivity contribution in [1.82, 2.24) is 9.97 Å². The van der Waals surface area contributed by atoms with Crippen molar-refractivity contribution >= 4 is 28.3 Å². The van der Waals surface area contributed by atoms with Crippen LogP contribution >= 0.6 is 22.6 Å². The Balaban J connectivity index is 2.38. The summed E-state index contributed by atoms with van der Waals surface area (Å²) in [4.78, 5) is 7.73. The summed E-state index contributed by atoms with van der Waals surface area (Å²) < 4.78 is 6.31. The van der Waals surface area contributed by atoms with E-state index in [2.05, 4.69) is 32.6 Å². The molecule has 0 bridgehead atoms. The van der Waals surface area contributed by atoms with E-state index in [4.69, 9.17) is 15.7 Å². The van der Waals surface area contributed by atoms with Gasteiger partial charge in [0, 0.05) is 12.3 Å². The molecule has 17 heavy (non-hydrogen) atoms. The molecule has 84 valence electrons. The molecule has 1 aromatic heterocycles. The smallest absolute Gasteiger partial charge is 0.222 e. The van der Waals surface area contributed by atoms with Crippen LogP contribution in [0.5, 0.6) is 11.6 Å². The summed E-state index contributed by atoms with van der Waals surface area (Å²) in [5.74, 6) is 0.914. The highest BCUT2D eigenvalue weighted by atomic mass is 127. The maximum Gasteiger partial charge on any atom is 0.222 e. The van der Waals surface area contributed by atoms with Crippen molar-refractivity contribution in [3.8, 4) is 17.7 Å². The van der Waals surface area contributed by atoms with Gasteiger partial charge in [-0.2, -0.15) is 5.26 Å². The molecule has 0 fully saturated rings. The number of ether oxygens (including phenoxy) is 1. The van der Waals surface area contributed by atoms with Gasteiger partial charge in [0.05, 0.1) is 20.9 Å². The van der Waals surface area contributed by atoms with Crippen molar-refractivity contribution in [3.63, 3.8) is 0 Å². The molecule has 0 spiro atoms. The highest BCUT2D eigenvalue weighted by Gasteiger charge is 2.10. The van der Waals surface area contributed by atoms with Crippen LogP contribution in [0.25, 0.3) is 0 Å². The highest BCUT2D eigenvalue weighted by molar-refractivity contribution is 14.1. The monoisotopic (exact) mass is 338 g/mol. The first kappa shape index (κ1) is 11.6. The summed E-state index contributed by atoms with van der Waals surface area (Å²) >= 11 is 2.06. The molecule has 0 atom stereocenters. The number of nitriles is 1. The molecule has 0 aliphatic carbocycles. The van der Waals surface area contributed by atoms with Gasteiger partial charge in [0.2, 0.25) is 5.88 Å². The molecule has 0 unspecified atom stereocenters. The molecular weight excluding hydrogens is 331 g/mol. The number of halogens is 1. The van der Waals surface area contributed by atoms with E-state index in [0.29, 0.717) is 22.9 Å². The number of aromatic nitrogens is 2. The first-order valence-electron chi connectivity index (χ1n) is 4.63. The average Bonchev–Trinajstić information content (AvgIpc) is 2.35. The SMILES string of the molecule is N#Cc1cc(N)c(Oc2ccncn2)c(I)c1. The van der Waals surface area contributed by atoms with Gasteiger partial charge in [0.15, 0.2) is 5.75 Å². The third kappa shape index (κ3) is 2.62. The van der Waals surface area contributed by atoms with Crippen LogP contribution in [0.15, 0.2) is 30.7 Å². The molecule has 0 saturated carbocycles. The Labute approximate surface area is 111 Å². The van der Waals surface area contributed by atoms with Gasteiger partial charge in [0.25, 0.3) is 0 Å². The lowest BCUT2D eigenvalue weighted by atomic mass is 10.2. The fourth-order valence-electron chi connectivity index (χ4n) is 1.23. The van der Waals surface area contributed by atoms with Crippen LogP contribution < -0.4 is 10.5 Å². The summed E-state index contributed by atoms with van der Waals surface area (Å²) in [7, 11) is 0. The maximum atomic E-state index is 8.80. The molecule has 1 aromatic carbocycles. The van der Waals surface area contributed by atoms with Gasteiger partial charge >= 0.3 is 0 Å². The van der Waals surface area contributed by atoms with E-state index in [0.717, 1.165) is 3.57 Å². The van der Waals surface area contributed by atoms with Crippen molar-refractivity contribution < 1.29 is 4.74 Å². The Morgan fingerprint density at radius 2 is 2.24 bits per heavy atom. The lowest BCUT2D eigenvalue weighted by molar-refractivity contribution is 0.460. The zero-order chi connectivity index (χ0) is 12.3. The van der Waals surface area contributed by atoms with Crippen LogP contribution in [-0.4, -0.2) is 9.97 Å². The van der Waals surface area contributed by atoms with Crippen LogP contribution in [0, 0.1) is 14.9 Å². The first-order valence-corrected chi connectivity index (χ1v) is 5.71. The Morgan fingerprint density at radius 3 is 2.82 bits per heavy atom. The normalized spacial score (nSPS) is 9.65. The quantitative estimate of drug-likeness (QED) is 0.671. The van der Waals surface area contributed by atoms with E-state index < -0.39 is 0 Å². The predicted molar refractivity (Wildman–Crippen MR) is 70.4 cm³/mol. The van der Waals surface area contributed by atoms with E-state index >= 15 is 0 Å². The molecule has 0 saturated heterocycles. The summed E-state index contributed by atoms with van der Waals surface area (Å²) in [6.45, 7) is 0. The van der Waals surface area contributed by atoms with Gasteiger partial charge in [-0.15, -0.1) is 0 Å². The summed E-state index contributed by atoms with van der Waals surface area (Å²) in [6.07, 6.45) is 2.97. The second-order valence-corrected chi connectivity index (χ2v) is 4.30. The van der Waals surface area contributed by atoms with Crippen molar-refractivity contribution in [2.45, 2.75) is 0 Å². The van der Waals surface area contributed by atoms with E-state index in [1.165, 1.54) is 6.33 Å². The molecule has 5 nitrogen and oxygen atoms in total. The molecule has 0 aliphatic rings. The lowest BCUT2D eigenvalue weighted by Gasteiger charge is -2.09. The van der Waals surface area contributed by atoms with Crippen LogP contribution in [0.4, 0.5) is 5.69 Å². The third-order valence-corrected chi connectivity index (χ3v) is 2.76. The number of hydrogen-bond acceptors (Lipinski definition) is 5. The standard InChI is InChI=1S/C11H7IN4O/c12-8-3-7(5-13)4-9(14)11(8)17-10-1-2-15-6-16-10/h1-4,6H,14H2. The van der Waals surface area contributed by atoms with Crippen LogP contribution in [0.1, 0.15) is 5.56 Å². The zero-order valence-electron chi connectivity index (χ0n) is 8.59. The van der Waals surface area contributed by atoms with Gasteiger partial charge in [-0.1, -0.05) is 0 Å². The molecule has 0 radical (unpaired) electrons. The van der Waals surface area contributed by atoms with Gasteiger partial charge in [-0.3, -0.25) is 0 Å². The van der Waals surface area contributed by atoms with Crippen molar-refractivity contribution in [3.05, 3.63) is 39.9 Å². The summed E-state index contributed by atoms with van der Waals surface area (Å²) in [5, 5.41) is 8.80. The van der Waals surface area contributed by atoms with E-state index in [9.17, 15) is 0 Å². The number of nitrogens with zero attached hydrogens (tertiary/aromatic N) is 3. The Hall–Kier alpha value is -1.88. The minimum atomic E-state index is 0.409. The number of rotatable bonds is 2. The van der Waals surface area contributed by atoms with Crippen molar-refractivity contribution in [2.24, 2.45) is 0 Å². The number of anilines is 1. The van der Waals surface area contributed by atoms with Crippen LogP contribution in [-0.2, 0) is 0 Å². The summed E-state index contributed by atoms with van der Waals surface area (Å²) in [6, 6.07) is 6.94. The second kappa shape index (κ2) is 4.97. The lowest BCUT2D eigenvalue weighted by Crippen LogP contribution is -1.97. The van der Waals surface area contributed by atoms with Gasteiger partial charge in [-0.05, 0) is 34.7 Å². The Bertz CT molecular complexity index is 557. The van der Waals surface area contributed by atoms with E-state index in [1.807, 2.05) is 6.07 Å². The Morgan fingerprint density at radius 1 is 1.41 bits per heavy atom. The van der Waals surface area contributed by atoms with Gasteiger partial charge in [-0.25, -0.2) is 9.97 Å².